The van der Waals surface area contributed by atoms with E-state index in [2.05, 4.69) is 99.7 Å². The molecule has 0 radical (unpaired) electrons. The Labute approximate surface area is 328 Å². The molecule has 5 aromatic rings. The van der Waals surface area contributed by atoms with Crippen LogP contribution in [0.15, 0.2) is 53.9 Å². The lowest BCUT2D eigenvalue weighted by Crippen LogP contribution is -2.52. The van der Waals surface area contributed by atoms with Gasteiger partial charge in [-0.3, -0.25) is 10.1 Å². The van der Waals surface area contributed by atoms with Gasteiger partial charge in [0.15, 0.2) is 0 Å². The largest absolute Gasteiger partial charge is 0.368 e. The average molecular weight is 815 g/mol. The van der Waals surface area contributed by atoms with E-state index < -0.39 is 0 Å². The Hall–Kier alpha value is -5.27. The fourth-order valence-electron chi connectivity index (χ4n) is 7.32. The first-order chi connectivity index (χ1) is 26.7. The highest BCUT2D eigenvalue weighted by atomic mass is 79.9. The highest BCUT2D eigenvalue weighted by Crippen LogP contribution is 2.40. The van der Waals surface area contributed by atoms with Crippen LogP contribution in [-0.2, 0) is 5.54 Å². The molecule has 0 bridgehead atoms. The number of nitrogens with one attached hydrogen (secondary N) is 2. The van der Waals surface area contributed by atoms with Crippen LogP contribution in [0.2, 0.25) is 0 Å². The lowest BCUT2D eigenvalue weighted by atomic mass is 9.80. The molecular formula is C36H48BrN17O. The monoisotopic (exact) mass is 813 g/mol. The highest BCUT2D eigenvalue weighted by molar-refractivity contribution is 9.10. The molecule has 5 aromatic heterocycles. The molecule has 6 N–H and O–H groups in total. The van der Waals surface area contributed by atoms with Crippen molar-refractivity contribution in [3.05, 3.63) is 59.6 Å². The van der Waals surface area contributed by atoms with Gasteiger partial charge in [-0.2, -0.15) is 4.98 Å². The average Bonchev–Trinajstić information content (AvgIpc) is 3.61. The summed E-state index contributed by atoms with van der Waals surface area (Å²) in [5, 5.41) is 7.12. The Bertz CT molecular complexity index is 2000. The number of aromatic nitrogens is 9. The minimum absolute atomic E-state index is 0.0402. The van der Waals surface area contributed by atoms with Gasteiger partial charge in [0, 0.05) is 82.9 Å². The van der Waals surface area contributed by atoms with E-state index in [0.717, 1.165) is 92.1 Å². The van der Waals surface area contributed by atoms with Gasteiger partial charge >= 0.3 is 0 Å². The number of likely N-dealkylation sites (N-methyl/N-ethyl adjacent to an activating group) is 2. The standard InChI is InChI=1S/C23H29N9O.C9H15N5.C4H4BrN3/c1-30-7-9-31(10-8-30)17-13-25-21(26-14-17)29-22-24-12-16-11-18-20(33)27-15-23(5-3-2-4-6-23)32(18)19(16)28-22;1-13-2-4-14(5-3-13)8-6-11-9(10)12-7-8;5-3-1-7-4(6)8-2-3/h11-14H,2-10,15H2,1H3,(H,27,33)(H,24,25,26,28,29);6-7H,2-5H2,1H3,(H2,10,11,12);1-2H,(H2,6,7,8). The molecule has 0 aromatic carbocycles. The number of fused-ring (bicyclic) bond motifs is 4. The summed E-state index contributed by atoms with van der Waals surface area (Å²) in [5.74, 6) is 1.49. The van der Waals surface area contributed by atoms with Crippen molar-refractivity contribution in [2.24, 2.45) is 0 Å². The van der Waals surface area contributed by atoms with Crippen LogP contribution >= 0.6 is 15.9 Å². The molecule has 1 saturated carbocycles. The number of carbonyl (C=O) groups excluding carboxylic acids is 1. The third kappa shape index (κ3) is 9.17. The molecule has 2 saturated heterocycles. The van der Waals surface area contributed by atoms with Gasteiger partial charge < -0.3 is 41.0 Å². The number of halogens is 1. The second kappa shape index (κ2) is 17.0. The Kier molecular flexibility index (Phi) is 11.8. The van der Waals surface area contributed by atoms with E-state index in [-0.39, 0.29) is 11.4 Å². The van der Waals surface area contributed by atoms with Crippen molar-refractivity contribution < 1.29 is 4.79 Å². The number of amides is 1. The topological polar surface area (TPSA) is 214 Å². The summed E-state index contributed by atoms with van der Waals surface area (Å²) in [5.41, 5.74) is 14.1. The number of anilines is 6. The second-order valence-electron chi connectivity index (χ2n) is 14.3. The van der Waals surface area contributed by atoms with Crippen LogP contribution in [-0.4, -0.2) is 133 Å². The summed E-state index contributed by atoms with van der Waals surface area (Å²) in [7, 11) is 4.28. The molecule has 1 amide bonds. The van der Waals surface area contributed by atoms with Crippen molar-refractivity contribution in [2.45, 2.75) is 37.6 Å². The van der Waals surface area contributed by atoms with E-state index in [1.54, 1.807) is 31.0 Å². The number of nitrogens with zero attached hydrogens (tertiary/aromatic N) is 13. The predicted molar refractivity (Wildman–Crippen MR) is 216 cm³/mol. The fourth-order valence-corrected chi connectivity index (χ4v) is 7.52. The maximum atomic E-state index is 12.6. The van der Waals surface area contributed by atoms with Crippen LogP contribution < -0.4 is 31.9 Å². The van der Waals surface area contributed by atoms with E-state index in [0.29, 0.717) is 36.0 Å². The smallest absolute Gasteiger partial charge is 0.268 e. The Morgan fingerprint density at radius 3 is 1.75 bits per heavy atom. The summed E-state index contributed by atoms with van der Waals surface area (Å²) in [6, 6.07) is 1.91. The molecule has 0 atom stereocenters. The van der Waals surface area contributed by atoms with Gasteiger partial charge in [0.2, 0.25) is 23.8 Å². The van der Waals surface area contributed by atoms with Gasteiger partial charge in [-0.25, -0.2) is 34.9 Å². The third-order valence-corrected chi connectivity index (χ3v) is 10.9. The fraction of sp³-hybridized carbons (Fsp3) is 0.472. The Morgan fingerprint density at radius 1 is 0.691 bits per heavy atom. The maximum Gasteiger partial charge on any atom is 0.268 e. The first kappa shape index (κ1) is 38.0. The number of nitrogens with two attached hydrogens (primary N) is 2. The molecule has 8 heterocycles. The summed E-state index contributed by atoms with van der Waals surface area (Å²) in [6.07, 6.45) is 17.9. The molecule has 9 rings (SSSR count). The van der Waals surface area contributed by atoms with Crippen LogP contribution in [0.1, 0.15) is 42.6 Å². The molecule has 0 unspecified atom stereocenters. The van der Waals surface area contributed by atoms with Crippen molar-refractivity contribution in [2.75, 3.05) is 99.6 Å². The van der Waals surface area contributed by atoms with E-state index in [9.17, 15) is 4.79 Å². The zero-order valence-electron chi connectivity index (χ0n) is 31.3. The molecular weight excluding hydrogens is 766 g/mol. The van der Waals surface area contributed by atoms with E-state index in [1.807, 2.05) is 18.5 Å². The van der Waals surface area contributed by atoms with Crippen molar-refractivity contribution >= 4 is 68.0 Å². The zero-order chi connectivity index (χ0) is 38.4. The molecule has 18 nitrogen and oxygen atoms in total. The van der Waals surface area contributed by atoms with E-state index in [4.69, 9.17) is 16.5 Å². The molecule has 3 aliphatic heterocycles. The maximum absolute atomic E-state index is 12.6. The van der Waals surface area contributed by atoms with Crippen molar-refractivity contribution in [1.82, 2.24) is 59.6 Å². The molecule has 4 aliphatic rings. The summed E-state index contributed by atoms with van der Waals surface area (Å²) in [6.45, 7) is 8.92. The second-order valence-corrected chi connectivity index (χ2v) is 15.3. The number of hydrogen-bond acceptors (Lipinski definition) is 16. The number of rotatable bonds is 4. The lowest BCUT2D eigenvalue weighted by molar-refractivity contribution is 0.0833. The molecule has 3 fully saturated rings. The number of carbonyl (C=O) groups is 1. The van der Waals surface area contributed by atoms with Gasteiger partial charge in [-0.05, 0) is 48.9 Å². The molecule has 1 aliphatic carbocycles. The van der Waals surface area contributed by atoms with E-state index >= 15 is 0 Å². The normalized spacial score (nSPS) is 18.4. The quantitative estimate of drug-likeness (QED) is 0.205. The highest BCUT2D eigenvalue weighted by Gasteiger charge is 2.41. The van der Waals surface area contributed by atoms with Crippen LogP contribution in [0, 0.1) is 0 Å². The van der Waals surface area contributed by atoms with E-state index in [1.165, 1.54) is 19.3 Å². The SMILES string of the molecule is CN1CCN(c2cnc(N)nc2)CC1.CN1CCN(c2cnc(Nc3ncc4cc5n(c4n3)C3(CCCCC3)CNC5=O)nc2)CC1.Nc1ncc(Br)cn1. The lowest BCUT2D eigenvalue weighted by Gasteiger charge is -2.42. The molecule has 290 valence electrons. The number of hydrogen-bond donors (Lipinski definition) is 4. The van der Waals surface area contributed by atoms with Crippen molar-refractivity contribution in [1.29, 1.82) is 0 Å². The minimum atomic E-state index is -0.102. The minimum Gasteiger partial charge on any atom is -0.368 e. The first-order valence-corrected chi connectivity index (χ1v) is 19.4. The number of piperazine rings is 2. The van der Waals surface area contributed by atoms with Crippen LogP contribution in [0.3, 0.4) is 0 Å². The van der Waals surface area contributed by atoms with Gasteiger partial charge in [0.1, 0.15) is 11.3 Å². The molecule has 19 heteroatoms. The third-order valence-electron chi connectivity index (χ3n) is 10.5. The Balaban J connectivity index is 0.000000173. The summed E-state index contributed by atoms with van der Waals surface area (Å²) < 4.78 is 3.01. The van der Waals surface area contributed by atoms with Crippen LogP contribution in [0.5, 0.6) is 0 Å². The summed E-state index contributed by atoms with van der Waals surface area (Å²) in [4.78, 5) is 55.4. The van der Waals surface area contributed by atoms with Gasteiger partial charge in [0.25, 0.3) is 5.91 Å². The predicted octanol–water partition coefficient (Wildman–Crippen LogP) is 2.75. The zero-order valence-corrected chi connectivity index (χ0v) is 32.9. The van der Waals surface area contributed by atoms with Crippen LogP contribution in [0.4, 0.5) is 35.2 Å². The van der Waals surface area contributed by atoms with Crippen molar-refractivity contribution in [3.63, 3.8) is 0 Å². The molecule has 55 heavy (non-hydrogen) atoms. The van der Waals surface area contributed by atoms with Gasteiger partial charge in [-0.15, -0.1) is 0 Å². The van der Waals surface area contributed by atoms with Crippen LogP contribution in [0.25, 0.3) is 11.0 Å². The van der Waals surface area contributed by atoms with Gasteiger partial charge in [0.05, 0.1) is 46.2 Å². The first-order valence-electron chi connectivity index (χ1n) is 18.6. The Morgan fingerprint density at radius 2 is 1.20 bits per heavy atom. The molecule has 1 spiro atoms. The van der Waals surface area contributed by atoms with Crippen molar-refractivity contribution in [3.8, 4) is 0 Å². The summed E-state index contributed by atoms with van der Waals surface area (Å²) >= 11 is 3.16. The number of nitrogen functional groups attached to an aromatic ring is 2. The van der Waals surface area contributed by atoms with Gasteiger partial charge in [-0.1, -0.05) is 19.3 Å².